The van der Waals surface area contributed by atoms with Crippen molar-refractivity contribution < 1.29 is 24.2 Å². The van der Waals surface area contributed by atoms with Gasteiger partial charge in [-0.25, -0.2) is 4.79 Å². The molecular formula is C22H28N2O6. The Morgan fingerprint density at radius 1 is 1.20 bits per heavy atom. The summed E-state index contributed by atoms with van der Waals surface area (Å²) in [5, 5.41) is 11.9. The van der Waals surface area contributed by atoms with E-state index in [2.05, 4.69) is 0 Å². The molecule has 0 bridgehead atoms. The van der Waals surface area contributed by atoms with E-state index in [1.54, 1.807) is 33.0 Å². The van der Waals surface area contributed by atoms with Crippen LogP contribution in [0.4, 0.5) is 4.79 Å². The first-order valence-corrected chi connectivity index (χ1v) is 9.94. The number of aromatic nitrogens is 1. The normalized spacial score (nSPS) is 19.9. The second kappa shape index (κ2) is 9.32. The number of carbonyl (C=O) groups excluding carboxylic acids is 1. The van der Waals surface area contributed by atoms with Crippen LogP contribution in [-0.4, -0.2) is 45.7 Å². The lowest BCUT2D eigenvalue weighted by molar-refractivity contribution is -0.174. The highest BCUT2D eigenvalue weighted by Gasteiger charge is 2.32. The van der Waals surface area contributed by atoms with E-state index in [0.717, 1.165) is 5.56 Å². The van der Waals surface area contributed by atoms with Crippen LogP contribution < -0.4 is 10.3 Å². The third-order valence-corrected chi connectivity index (χ3v) is 4.63. The van der Waals surface area contributed by atoms with Gasteiger partial charge in [0.1, 0.15) is 18.0 Å². The Labute approximate surface area is 175 Å². The van der Waals surface area contributed by atoms with Gasteiger partial charge in [0.25, 0.3) is 5.56 Å². The second-order valence-corrected chi connectivity index (χ2v) is 8.25. The maximum Gasteiger partial charge on any atom is 0.528 e. The molecule has 1 aromatic carbocycles. The number of aliphatic hydroxyl groups excluding tert-OH is 1. The number of hydrogen-bond donors (Lipinski definition) is 1. The smallest absolute Gasteiger partial charge is 0.489 e. The lowest BCUT2D eigenvalue weighted by Gasteiger charge is -2.35. The summed E-state index contributed by atoms with van der Waals surface area (Å²) in [6.45, 7) is 6.06. The summed E-state index contributed by atoms with van der Waals surface area (Å²) in [6, 6.07) is 12.4. The van der Waals surface area contributed by atoms with Gasteiger partial charge >= 0.3 is 6.16 Å². The van der Waals surface area contributed by atoms with Crippen molar-refractivity contribution >= 4 is 6.16 Å². The quantitative estimate of drug-likeness (QED) is 0.750. The van der Waals surface area contributed by atoms with E-state index in [1.807, 2.05) is 30.3 Å². The monoisotopic (exact) mass is 416 g/mol. The van der Waals surface area contributed by atoms with Crippen LogP contribution in [0.25, 0.3) is 0 Å². The van der Waals surface area contributed by atoms with Crippen LogP contribution in [-0.2, 0) is 16.2 Å². The number of hydroxylamine groups is 2. The van der Waals surface area contributed by atoms with Crippen LogP contribution in [0.15, 0.2) is 53.5 Å². The predicted octanol–water partition coefficient (Wildman–Crippen LogP) is 2.90. The van der Waals surface area contributed by atoms with Crippen molar-refractivity contribution in [3.05, 3.63) is 64.6 Å². The predicted molar refractivity (Wildman–Crippen MR) is 110 cm³/mol. The molecule has 8 heteroatoms. The molecule has 1 aromatic heterocycles. The lowest BCUT2D eigenvalue weighted by Crippen LogP contribution is -2.47. The highest BCUT2D eigenvalue weighted by atomic mass is 16.8. The number of carbonyl (C=O) groups is 1. The van der Waals surface area contributed by atoms with E-state index >= 15 is 0 Å². The first-order chi connectivity index (χ1) is 14.2. The van der Waals surface area contributed by atoms with Crippen molar-refractivity contribution in [3.63, 3.8) is 0 Å². The number of aliphatic hydroxyl groups is 1. The zero-order valence-electron chi connectivity index (χ0n) is 17.5. The van der Waals surface area contributed by atoms with Crippen LogP contribution in [0.1, 0.15) is 38.8 Å². The van der Waals surface area contributed by atoms with E-state index in [1.165, 1.54) is 15.7 Å². The molecule has 1 saturated heterocycles. The minimum Gasteiger partial charge on any atom is -0.489 e. The average molecular weight is 416 g/mol. The van der Waals surface area contributed by atoms with Crippen LogP contribution in [0, 0.1) is 0 Å². The van der Waals surface area contributed by atoms with Crippen molar-refractivity contribution in [2.45, 2.75) is 51.5 Å². The van der Waals surface area contributed by atoms with Crippen LogP contribution >= 0.6 is 0 Å². The number of nitrogens with zero attached hydrogens (tertiary/aromatic N) is 2. The minimum atomic E-state index is -0.880. The molecule has 0 saturated carbocycles. The highest BCUT2D eigenvalue weighted by molar-refractivity contribution is 5.60. The molecule has 1 fully saturated rings. The van der Waals surface area contributed by atoms with Crippen molar-refractivity contribution in [2.75, 3.05) is 13.1 Å². The molecule has 0 spiro atoms. The summed E-state index contributed by atoms with van der Waals surface area (Å²) < 4.78 is 12.3. The first kappa shape index (κ1) is 21.9. The molecule has 0 radical (unpaired) electrons. The summed E-state index contributed by atoms with van der Waals surface area (Å²) >= 11 is 0. The highest BCUT2D eigenvalue weighted by Crippen LogP contribution is 2.23. The molecule has 2 heterocycles. The number of β-amino-alcohol motifs (C(OH)–C–C–N with tert-alkyl or cyclic N) is 1. The summed E-state index contributed by atoms with van der Waals surface area (Å²) in [6.07, 6.45) is 0.370. The van der Waals surface area contributed by atoms with E-state index in [9.17, 15) is 14.7 Å². The fourth-order valence-electron chi connectivity index (χ4n) is 3.25. The van der Waals surface area contributed by atoms with Gasteiger partial charge < -0.3 is 24.0 Å². The van der Waals surface area contributed by atoms with Gasteiger partial charge in [-0.15, -0.1) is 5.06 Å². The number of rotatable bonds is 5. The van der Waals surface area contributed by atoms with Crippen LogP contribution in [0.3, 0.4) is 0 Å². The standard InChI is InChI=1S/C22H28N2O6/c1-22(2,3)29-21(27)30-23-11-10-18(19(25)14-23)24-12-9-17(13-20(24)26)28-15-16-7-5-4-6-8-16/h4-9,12-13,18-19,25H,10-11,14-15H2,1-3H3. The van der Waals surface area contributed by atoms with Gasteiger partial charge in [0.15, 0.2) is 0 Å². The third kappa shape index (κ3) is 6.08. The van der Waals surface area contributed by atoms with Crippen molar-refractivity contribution in [1.82, 2.24) is 9.63 Å². The van der Waals surface area contributed by atoms with Crippen molar-refractivity contribution in [2.24, 2.45) is 0 Å². The third-order valence-electron chi connectivity index (χ3n) is 4.63. The Morgan fingerprint density at radius 3 is 2.57 bits per heavy atom. The number of pyridine rings is 1. The van der Waals surface area contributed by atoms with E-state index in [4.69, 9.17) is 14.3 Å². The minimum absolute atomic E-state index is 0.0859. The van der Waals surface area contributed by atoms with Crippen molar-refractivity contribution in [1.29, 1.82) is 0 Å². The van der Waals surface area contributed by atoms with Gasteiger partial charge in [0.05, 0.1) is 18.7 Å². The van der Waals surface area contributed by atoms with Gasteiger partial charge in [0, 0.05) is 18.8 Å². The molecule has 1 N–H and O–H groups in total. The van der Waals surface area contributed by atoms with E-state index in [-0.39, 0.29) is 12.1 Å². The van der Waals surface area contributed by atoms with Gasteiger partial charge in [-0.2, -0.15) is 0 Å². The molecule has 162 valence electrons. The Balaban J connectivity index is 1.57. The number of ether oxygens (including phenoxy) is 2. The molecule has 2 aromatic rings. The molecule has 0 amide bonds. The number of benzene rings is 1. The number of piperidine rings is 1. The second-order valence-electron chi connectivity index (χ2n) is 8.25. The lowest BCUT2D eigenvalue weighted by atomic mass is 10.0. The first-order valence-electron chi connectivity index (χ1n) is 9.94. The topological polar surface area (TPSA) is 90.2 Å². The molecule has 30 heavy (non-hydrogen) atoms. The zero-order chi connectivity index (χ0) is 21.7. The fraction of sp³-hybridized carbons (Fsp3) is 0.455. The maximum absolute atomic E-state index is 12.6. The van der Waals surface area contributed by atoms with Crippen LogP contribution in [0.5, 0.6) is 5.75 Å². The molecule has 1 aliphatic heterocycles. The van der Waals surface area contributed by atoms with Crippen molar-refractivity contribution in [3.8, 4) is 5.75 Å². The molecule has 8 nitrogen and oxygen atoms in total. The Morgan fingerprint density at radius 2 is 1.93 bits per heavy atom. The maximum atomic E-state index is 12.6. The molecule has 0 aliphatic carbocycles. The SMILES string of the molecule is CC(C)(C)OC(=O)ON1CCC(n2ccc(OCc3ccccc3)cc2=O)C(O)C1. The summed E-state index contributed by atoms with van der Waals surface area (Å²) in [5.41, 5.74) is 0.0895. The molecule has 3 rings (SSSR count). The molecule has 2 atom stereocenters. The molecule has 2 unspecified atom stereocenters. The van der Waals surface area contributed by atoms with E-state index in [0.29, 0.717) is 25.3 Å². The zero-order valence-corrected chi connectivity index (χ0v) is 17.5. The van der Waals surface area contributed by atoms with Gasteiger partial charge in [-0.3, -0.25) is 4.79 Å². The van der Waals surface area contributed by atoms with Gasteiger partial charge in [-0.05, 0) is 38.8 Å². The van der Waals surface area contributed by atoms with E-state index < -0.39 is 23.9 Å². The Bertz CT molecular complexity index is 906. The van der Waals surface area contributed by atoms with Gasteiger partial charge in [-0.1, -0.05) is 30.3 Å². The molecular weight excluding hydrogens is 388 g/mol. The Hall–Kier alpha value is -2.84. The summed E-state index contributed by atoms with van der Waals surface area (Å²) in [5.74, 6) is 0.472. The number of hydrogen-bond acceptors (Lipinski definition) is 7. The molecule has 1 aliphatic rings. The largest absolute Gasteiger partial charge is 0.528 e. The van der Waals surface area contributed by atoms with Gasteiger partial charge in [0.2, 0.25) is 0 Å². The van der Waals surface area contributed by atoms with Crippen LogP contribution in [0.2, 0.25) is 0 Å². The Kier molecular flexibility index (Phi) is 6.79. The average Bonchev–Trinajstić information content (AvgIpc) is 2.66. The summed E-state index contributed by atoms with van der Waals surface area (Å²) in [7, 11) is 0. The fourth-order valence-corrected chi connectivity index (χ4v) is 3.25. The summed E-state index contributed by atoms with van der Waals surface area (Å²) in [4.78, 5) is 29.5.